The van der Waals surface area contributed by atoms with Gasteiger partial charge < -0.3 is 10.2 Å². The Hall–Kier alpha value is 0.130. The fraction of sp³-hybridized carbons (Fsp3) is 0.667. The third-order valence-corrected chi connectivity index (χ3v) is 3.17. The molecule has 0 spiro atoms. The van der Waals surface area contributed by atoms with E-state index in [0.29, 0.717) is 0 Å². The van der Waals surface area contributed by atoms with Crippen molar-refractivity contribution < 1.29 is 0 Å². The summed E-state index contributed by atoms with van der Waals surface area (Å²) in [5, 5.41) is 6.66. The molecule has 1 aromatic rings. The first-order chi connectivity index (χ1) is 6.45. The smallest absolute Gasteiger partial charge is 0.0937 e. The minimum absolute atomic E-state index is 0. The fourth-order valence-corrected chi connectivity index (χ4v) is 2.17. The topological polar surface area (TPSA) is 28.2 Å². The summed E-state index contributed by atoms with van der Waals surface area (Å²) in [5.74, 6) is 0. The number of hydrogen-bond donors (Lipinski definition) is 1. The van der Waals surface area contributed by atoms with Crippen LogP contribution < -0.4 is 5.32 Å². The average Bonchev–Trinajstić information content (AvgIpc) is 2.69. The van der Waals surface area contributed by atoms with Gasteiger partial charge in [0.05, 0.1) is 5.01 Å². The van der Waals surface area contributed by atoms with Gasteiger partial charge >= 0.3 is 0 Å². The number of thiazole rings is 1. The molecule has 15 heavy (non-hydrogen) atoms. The first-order valence-corrected chi connectivity index (χ1v) is 5.64. The van der Waals surface area contributed by atoms with Gasteiger partial charge in [0.1, 0.15) is 0 Å². The van der Waals surface area contributed by atoms with E-state index in [1.165, 1.54) is 18.1 Å². The molecule has 1 saturated heterocycles. The summed E-state index contributed by atoms with van der Waals surface area (Å²) in [7, 11) is 0. The van der Waals surface area contributed by atoms with Gasteiger partial charge in [-0.05, 0) is 0 Å². The number of nitrogens with one attached hydrogen (secondary N) is 1. The SMILES string of the molecule is Cl.Cl.c1csc(CCN2CCNCC2)n1. The third kappa shape index (κ3) is 5.13. The lowest BCUT2D eigenvalue weighted by Crippen LogP contribution is -2.44. The van der Waals surface area contributed by atoms with Gasteiger partial charge in [-0.15, -0.1) is 36.2 Å². The molecule has 0 aliphatic carbocycles. The summed E-state index contributed by atoms with van der Waals surface area (Å²) in [6.07, 6.45) is 3.00. The number of rotatable bonds is 3. The molecule has 0 saturated carbocycles. The summed E-state index contributed by atoms with van der Waals surface area (Å²) >= 11 is 1.76. The highest BCUT2D eigenvalue weighted by Gasteiger charge is 2.09. The van der Waals surface area contributed by atoms with Crippen LogP contribution in [0.15, 0.2) is 11.6 Å². The Balaban J connectivity index is 0.000000980. The third-order valence-electron chi connectivity index (χ3n) is 2.33. The van der Waals surface area contributed by atoms with E-state index in [-0.39, 0.29) is 24.8 Å². The monoisotopic (exact) mass is 269 g/mol. The molecule has 2 rings (SSSR count). The molecule has 0 aromatic carbocycles. The molecular formula is C9H17Cl2N3S. The lowest BCUT2D eigenvalue weighted by molar-refractivity contribution is 0.244. The zero-order chi connectivity index (χ0) is 8.93. The van der Waals surface area contributed by atoms with Crippen molar-refractivity contribution in [2.45, 2.75) is 6.42 Å². The summed E-state index contributed by atoms with van der Waals surface area (Å²) in [6, 6.07) is 0. The van der Waals surface area contributed by atoms with Gasteiger partial charge in [0, 0.05) is 50.7 Å². The van der Waals surface area contributed by atoms with Gasteiger partial charge in [0.15, 0.2) is 0 Å². The van der Waals surface area contributed by atoms with E-state index < -0.39 is 0 Å². The van der Waals surface area contributed by atoms with Crippen LogP contribution in [0.5, 0.6) is 0 Å². The van der Waals surface area contributed by atoms with E-state index in [1.807, 2.05) is 11.6 Å². The highest BCUT2D eigenvalue weighted by Crippen LogP contribution is 2.05. The van der Waals surface area contributed by atoms with Crippen LogP contribution in [0.1, 0.15) is 5.01 Å². The van der Waals surface area contributed by atoms with E-state index in [9.17, 15) is 0 Å². The zero-order valence-electron chi connectivity index (χ0n) is 8.52. The van der Waals surface area contributed by atoms with E-state index in [0.717, 1.165) is 26.1 Å². The Kier molecular flexibility index (Phi) is 8.37. The lowest BCUT2D eigenvalue weighted by Gasteiger charge is -2.26. The molecule has 1 aromatic heterocycles. The van der Waals surface area contributed by atoms with Crippen molar-refractivity contribution >= 4 is 36.2 Å². The first-order valence-electron chi connectivity index (χ1n) is 4.76. The Morgan fingerprint density at radius 3 is 2.67 bits per heavy atom. The van der Waals surface area contributed by atoms with Crippen LogP contribution in [0, 0.1) is 0 Å². The van der Waals surface area contributed by atoms with Crippen LogP contribution >= 0.6 is 36.2 Å². The lowest BCUT2D eigenvalue weighted by atomic mass is 10.3. The minimum Gasteiger partial charge on any atom is -0.314 e. The predicted molar refractivity (Wildman–Crippen MR) is 69.6 cm³/mol. The van der Waals surface area contributed by atoms with E-state index in [4.69, 9.17) is 0 Å². The molecule has 3 nitrogen and oxygen atoms in total. The molecule has 1 aliphatic rings. The molecule has 2 heterocycles. The molecule has 88 valence electrons. The van der Waals surface area contributed by atoms with Crippen molar-refractivity contribution in [1.82, 2.24) is 15.2 Å². The van der Waals surface area contributed by atoms with Crippen LogP contribution in [0.4, 0.5) is 0 Å². The number of piperazine rings is 1. The molecule has 1 aliphatic heterocycles. The van der Waals surface area contributed by atoms with Gasteiger partial charge in [-0.2, -0.15) is 0 Å². The van der Waals surface area contributed by atoms with E-state index in [2.05, 4.69) is 15.2 Å². The van der Waals surface area contributed by atoms with Crippen molar-refractivity contribution in [3.63, 3.8) is 0 Å². The molecule has 0 amide bonds. The number of halogens is 2. The van der Waals surface area contributed by atoms with Gasteiger partial charge in [-0.25, -0.2) is 4.98 Å². The Morgan fingerprint density at radius 2 is 2.07 bits per heavy atom. The maximum atomic E-state index is 4.28. The van der Waals surface area contributed by atoms with E-state index >= 15 is 0 Å². The van der Waals surface area contributed by atoms with Crippen LogP contribution in [0.3, 0.4) is 0 Å². The standard InChI is InChI=1S/C9H15N3S.2ClH/c1(9-11-4-8-13-9)5-12-6-2-10-3-7-12;;/h4,8,10H,1-3,5-7H2;2*1H. The first kappa shape index (κ1) is 15.1. The van der Waals surface area contributed by atoms with Gasteiger partial charge in [-0.3, -0.25) is 0 Å². The summed E-state index contributed by atoms with van der Waals surface area (Å²) in [4.78, 5) is 6.77. The molecule has 0 radical (unpaired) electrons. The molecule has 0 atom stereocenters. The zero-order valence-corrected chi connectivity index (χ0v) is 11.0. The Labute approximate surface area is 107 Å². The Morgan fingerprint density at radius 1 is 1.33 bits per heavy atom. The number of nitrogens with zero attached hydrogens (tertiary/aromatic N) is 2. The summed E-state index contributed by atoms with van der Waals surface area (Å²) in [5.41, 5.74) is 0. The van der Waals surface area contributed by atoms with Crippen molar-refractivity contribution in [3.05, 3.63) is 16.6 Å². The van der Waals surface area contributed by atoms with Gasteiger partial charge in [0.25, 0.3) is 0 Å². The molecule has 6 heteroatoms. The quantitative estimate of drug-likeness (QED) is 0.900. The highest BCUT2D eigenvalue weighted by molar-refractivity contribution is 7.09. The van der Waals surface area contributed by atoms with Crippen molar-refractivity contribution in [2.24, 2.45) is 0 Å². The average molecular weight is 270 g/mol. The maximum Gasteiger partial charge on any atom is 0.0937 e. The molecular weight excluding hydrogens is 253 g/mol. The summed E-state index contributed by atoms with van der Waals surface area (Å²) in [6.45, 7) is 5.81. The molecule has 0 bridgehead atoms. The van der Waals surface area contributed by atoms with Crippen molar-refractivity contribution in [2.75, 3.05) is 32.7 Å². The predicted octanol–water partition coefficient (Wildman–Crippen LogP) is 1.43. The maximum absolute atomic E-state index is 4.28. The van der Waals surface area contributed by atoms with Crippen LogP contribution in [0.2, 0.25) is 0 Å². The van der Waals surface area contributed by atoms with Crippen molar-refractivity contribution in [1.29, 1.82) is 0 Å². The second kappa shape index (κ2) is 8.30. The highest BCUT2D eigenvalue weighted by atomic mass is 35.5. The van der Waals surface area contributed by atoms with E-state index in [1.54, 1.807) is 11.3 Å². The van der Waals surface area contributed by atoms with Crippen LogP contribution in [-0.2, 0) is 6.42 Å². The molecule has 0 unspecified atom stereocenters. The van der Waals surface area contributed by atoms with Crippen LogP contribution in [0.25, 0.3) is 0 Å². The summed E-state index contributed by atoms with van der Waals surface area (Å²) < 4.78 is 0. The molecule has 1 fully saturated rings. The Bertz CT molecular complexity index is 238. The number of aromatic nitrogens is 1. The molecule has 1 N–H and O–H groups in total. The number of hydrogen-bond acceptors (Lipinski definition) is 4. The van der Waals surface area contributed by atoms with Crippen molar-refractivity contribution in [3.8, 4) is 0 Å². The second-order valence-corrected chi connectivity index (χ2v) is 4.25. The van der Waals surface area contributed by atoms with Gasteiger partial charge in [0.2, 0.25) is 0 Å². The van der Waals surface area contributed by atoms with Crippen LogP contribution in [-0.4, -0.2) is 42.6 Å². The van der Waals surface area contributed by atoms with Gasteiger partial charge in [-0.1, -0.05) is 0 Å². The normalized spacial score (nSPS) is 16.5. The largest absolute Gasteiger partial charge is 0.314 e. The minimum atomic E-state index is 0. The fourth-order valence-electron chi connectivity index (χ4n) is 1.56. The second-order valence-electron chi connectivity index (χ2n) is 3.27.